The normalized spacial score (nSPS) is 16.3. The van der Waals surface area contributed by atoms with Gasteiger partial charge in [-0.2, -0.15) is 4.98 Å². The SMILES string of the molecule is Cc1nc(C)c([C@H](OC(C)(C)C)C(=O)OC(C)C)c(N2CCC(c3nc(C(C)C)no3)CC2)c1Br. The van der Waals surface area contributed by atoms with Gasteiger partial charge in [0.2, 0.25) is 5.89 Å². The van der Waals surface area contributed by atoms with Gasteiger partial charge < -0.3 is 18.9 Å². The molecule has 0 bridgehead atoms. The molecule has 8 nitrogen and oxygen atoms in total. The first-order valence-corrected chi connectivity index (χ1v) is 13.2. The molecule has 194 valence electrons. The van der Waals surface area contributed by atoms with E-state index >= 15 is 0 Å². The van der Waals surface area contributed by atoms with E-state index in [-0.39, 0.29) is 17.9 Å². The highest BCUT2D eigenvalue weighted by molar-refractivity contribution is 9.10. The van der Waals surface area contributed by atoms with Crippen molar-refractivity contribution < 1.29 is 18.8 Å². The molecule has 3 rings (SSSR count). The van der Waals surface area contributed by atoms with Crippen LogP contribution in [0.25, 0.3) is 0 Å². The topological polar surface area (TPSA) is 90.6 Å². The molecular formula is C26H39BrN4O4. The number of esters is 1. The van der Waals surface area contributed by atoms with Crippen LogP contribution in [0.15, 0.2) is 9.00 Å². The van der Waals surface area contributed by atoms with E-state index in [0.29, 0.717) is 5.89 Å². The third-order valence-electron chi connectivity index (χ3n) is 5.94. The fourth-order valence-electron chi connectivity index (χ4n) is 4.32. The van der Waals surface area contributed by atoms with Crippen molar-refractivity contribution in [2.75, 3.05) is 18.0 Å². The van der Waals surface area contributed by atoms with E-state index in [2.05, 4.69) is 44.8 Å². The maximum atomic E-state index is 13.3. The van der Waals surface area contributed by atoms with Crippen molar-refractivity contribution in [3.8, 4) is 0 Å². The molecular weight excluding hydrogens is 512 g/mol. The van der Waals surface area contributed by atoms with E-state index in [1.165, 1.54) is 0 Å². The smallest absolute Gasteiger partial charge is 0.340 e. The van der Waals surface area contributed by atoms with Crippen LogP contribution in [0.3, 0.4) is 0 Å². The quantitative estimate of drug-likeness (QED) is 0.378. The molecule has 0 aliphatic carbocycles. The summed E-state index contributed by atoms with van der Waals surface area (Å²) in [6, 6.07) is 0. The highest BCUT2D eigenvalue weighted by atomic mass is 79.9. The van der Waals surface area contributed by atoms with Gasteiger partial charge in [0.05, 0.1) is 27.6 Å². The molecule has 1 saturated heterocycles. The molecule has 0 spiro atoms. The molecule has 0 radical (unpaired) electrons. The zero-order chi connectivity index (χ0) is 26.1. The molecule has 1 aliphatic heterocycles. The first-order chi connectivity index (χ1) is 16.3. The summed E-state index contributed by atoms with van der Waals surface area (Å²) < 4.78 is 18.4. The minimum Gasteiger partial charge on any atom is -0.461 e. The van der Waals surface area contributed by atoms with Crippen molar-refractivity contribution >= 4 is 27.6 Å². The van der Waals surface area contributed by atoms with Crippen LogP contribution < -0.4 is 4.90 Å². The number of nitrogens with zero attached hydrogens (tertiary/aromatic N) is 4. The van der Waals surface area contributed by atoms with Crippen LogP contribution in [0.5, 0.6) is 0 Å². The van der Waals surface area contributed by atoms with Crippen molar-refractivity contribution in [2.24, 2.45) is 0 Å². The first-order valence-electron chi connectivity index (χ1n) is 12.4. The lowest BCUT2D eigenvalue weighted by Gasteiger charge is -2.37. The number of piperidine rings is 1. The van der Waals surface area contributed by atoms with Crippen LogP contribution >= 0.6 is 15.9 Å². The minimum atomic E-state index is -0.890. The van der Waals surface area contributed by atoms with E-state index in [1.807, 2.05) is 48.5 Å². The van der Waals surface area contributed by atoms with Crippen LogP contribution in [-0.2, 0) is 14.3 Å². The van der Waals surface area contributed by atoms with Gasteiger partial charge in [0.15, 0.2) is 11.9 Å². The van der Waals surface area contributed by atoms with Gasteiger partial charge in [-0.1, -0.05) is 19.0 Å². The lowest BCUT2D eigenvalue weighted by Crippen LogP contribution is -2.37. The zero-order valence-corrected chi connectivity index (χ0v) is 24.0. The Bertz CT molecular complexity index is 1040. The van der Waals surface area contributed by atoms with E-state index in [4.69, 9.17) is 19.0 Å². The van der Waals surface area contributed by atoms with Gasteiger partial charge in [-0.25, -0.2) is 4.79 Å². The number of carbonyl (C=O) groups is 1. The third kappa shape index (κ3) is 6.61. The Kier molecular flexibility index (Phi) is 8.63. The van der Waals surface area contributed by atoms with Crippen LogP contribution in [0, 0.1) is 13.8 Å². The molecule has 0 N–H and O–H groups in total. The second-order valence-electron chi connectivity index (χ2n) is 10.9. The first kappa shape index (κ1) is 27.6. The molecule has 9 heteroatoms. The number of hydrogen-bond acceptors (Lipinski definition) is 8. The summed E-state index contributed by atoms with van der Waals surface area (Å²) in [5.74, 6) is 1.51. The van der Waals surface area contributed by atoms with E-state index < -0.39 is 17.7 Å². The predicted molar refractivity (Wildman–Crippen MR) is 139 cm³/mol. The number of aromatic nitrogens is 3. The summed E-state index contributed by atoms with van der Waals surface area (Å²) in [5.41, 5.74) is 2.77. The maximum Gasteiger partial charge on any atom is 0.340 e. The van der Waals surface area contributed by atoms with Crippen LogP contribution in [0.2, 0.25) is 0 Å². The molecule has 0 saturated carbocycles. The van der Waals surface area contributed by atoms with E-state index in [0.717, 1.165) is 58.9 Å². The number of halogens is 1. The fraction of sp³-hybridized carbons (Fsp3) is 0.692. The highest BCUT2D eigenvalue weighted by Gasteiger charge is 2.37. The fourth-order valence-corrected chi connectivity index (χ4v) is 4.87. The molecule has 0 aromatic carbocycles. The predicted octanol–water partition coefficient (Wildman–Crippen LogP) is 6.16. The highest BCUT2D eigenvalue weighted by Crippen LogP contribution is 2.42. The number of anilines is 1. The van der Waals surface area contributed by atoms with Gasteiger partial charge in [0.25, 0.3) is 0 Å². The lowest BCUT2D eigenvalue weighted by molar-refractivity contribution is -0.171. The van der Waals surface area contributed by atoms with Gasteiger partial charge in [0.1, 0.15) is 0 Å². The standard InChI is InChI=1S/C26H39BrN4O4/c1-14(2)23-29-24(35-30-23)18-10-12-31(13-11-18)21-19(16(5)28-17(6)20(21)27)22(34-26(7,8)9)25(32)33-15(3)4/h14-15,18,22H,10-13H2,1-9H3/t22-/m0/s1. The van der Waals surface area contributed by atoms with E-state index in [9.17, 15) is 4.79 Å². The molecule has 1 aliphatic rings. The molecule has 3 heterocycles. The Balaban J connectivity index is 1.96. The second kappa shape index (κ2) is 10.9. The van der Waals surface area contributed by atoms with E-state index in [1.54, 1.807) is 0 Å². The van der Waals surface area contributed by atoms with Crippen LogP contribution in [-0.4, -0.2) is 45.9 Å². The van der Waals surface area contributed by atoms with Gasteiger partial charge in [-0.05, 0) is 77.2 Å². The van der Waals surface area contributed by atoms with Gasteiger partial charge in [0, 0.05) is 36.2 Å². The number of hydrogen-bond donors (Lipinski definition) is 0. The van der Waals surface area contributed by atoms with Crippen molar-refractivity contribution in [1.29, 1.82) is 0 Å². The van der Waals surface area contributed by atoms with Gasteiger partial charge in [-0.15, -0.1) is 0 Å². The zero-order valence-electron chi connectivity index (χ0n) is 22.4. The number of ether oxygens (including phenoxy) is 2. The molecule has 2 aromatic heterocycles. The Labute approximate surface area is 217 Å². The third-order valence-corrected chi connectivity index (χ3v) is 6.89. The van der Waals surface area contributed by atoms with Crippen LogP contribution in [0.1, 0.15) is 108 Å². The van der Waals surface area contributed by atoms with Crippen LogP contribution in [0.4, 0.5) is 5.69 Å². The number of carbonyl (C=O) groups excluding carboxylic acids is 1. The van der Waals surface area contributed by atoms with Gasteiger partial charge >= 0.3 is 5.97 Å². The average molecular weight is 552 g/mol. The molecule has 1 atom stereocenters. The molecule has 35 heavy (non-hydrogen) atoms. The summed E-state index contributed by atoms with van der Waals surface area (Å²) in [7, 11) is 0. The largest absolute Gasteiger partial charge is 0.461 e. The lowest BCUT2D eigenvalue weighted by atomic mass is 9.94. The molecule has 0 unspecified atom stereocenters. The van der Waals surface area contributed by atoms with Gasteiger partial charge in [-0.3, -0.25) is 4.98 Å². The summed E-state index contributed by atoms with van der Waals surface area (Å²) in [4.78, 5) is 24.9. The van der Waals surface area contributed by atoms with Crippen molar-refractivity contribution in [2.45, 2.75) is 105 Å². The summed E-state index contributed by atoms with van der Waals surface area (Å²) in [6.07, 6.45) is 0.597. The Hall–Kier alpha value is -2.00. The van der Waals surface area contributed by atoms with Crippen molar-refractivity contribution in [3.63, 3.8) is 0 Å². The average Bonchev–Trinajstić information content (AvgIpc) is 3.24. The Morgan fingerprint density at radius 2 is 1.71 bits per heavy atom. The van der Waals surface area contributed by atoms with Crippen molar-refractivity contribution in [3.05, 3.63) is 33.1 Å². The molecule has 2 aromatic rings. The molecule has 0 amide bonds. The monoisotopic (exact) mass is 550 g/mol. The maximum absolute atomic E-state index is 13.3. The van der Waals surface area contributed by atoms with Crippen molar-refractivity contribution in [1.82, 2.24) is 15.1 Å². The summed E-state index contributed by atoms with van der Waals surface area (Å²) in [6.45, 7) is 19.1. The number of rotatable bonds is 7. The Morgan fingerprint density at radius 1 is 1.09 bits per heavy atom. The second-order valence-corrected chi connectivity index (χ2v) is 11.7. The summed E-state index contributed by atoms with van der Waals surface area (Å²) in [5, 5.41) is 4.14. The number of pyridine rings is 1. The summed E-state index contributed by atoms with van der Waals surface area (Å²) >= 11 is 3.78. The Morgan fingerprint density at radius 3 is 2.23 bits per heavy atom. The number of aryl methyl sites for hydroxylation is 2. The molecule has 1 fully saturated rings. The minimum absolute atomic E-state index is 0.213.